The Hall–Kier alpha value is -1.23. The maximum Gasteiger partial charge on any atom is 0.158 e. The summed E-state index contributed by atoms with van der Waals surface area (Å²) in [5.74, 6) is -0.563. The van der Waals surface area contributed by atoms with E-state index in [9.17, 15) is 0 Å². The van der Waals surface area contributed by atoms with Gasteiger partial charge in [0.2, 0.25) is 0 Å². The number of nitriles is 2. The molecule has 70 valence electrons. The Balaban J connectivity index is 2.10. The number of hydrogen-bond acceptors (Lipinski definition) is 4. The second-order valence-electron chi connectivity index (χ2n) is 3.23. The number of hydrogen-bond donors (Lipinski definition) is 1. The summed E-state index contributed by atoms with van der Waals surface area (Å²) in [6.45, 7) is 0. The molecule has 1 aliphatic heterocycles. The highest BCUT2D eigenvalue weighted by Gasteiger charge is 2.34. The Morgan fingerprint density at radius 2 is 2.29 bits per heavy atom. The fourth-order valence-corrected chi connectivity index (χ4v) is 2.86. The second kappa shape index (κ2) is 3.88. The van der Waals surface area contributed by atoms with Crippen LogP contribution in [0.25, 0.3) is 0 Å². The SMILES string of the molecule is N#CC(C#N)C1NC2CC=CC=C2S1. The molecule has 0 aromatic rings. The maximum absolute atomic E-state index is 8.76. The lowest BCUT2D eigenvalue weighted by Crippen LogP contribution is -2.33. The molecule has 0 spiro atoms. The molecule has 0 saturated carbocycles. The molecule has 2 atom stereocenters. The first-order valence-electron chi connectivity index (χ1n) is 4.44. The van der Waals surface area contributed by atoms with E-state index < -0.39 is 5.92 Å². The lowest BCUT2D eigenvalue weighted by Gasteiger charge is -2.12. The van der Waals surface area contributed by atoms with Gasteiger partial charge in [-0.3, -0.25) is 5.32 Å². The first kappa shape index (κ1) is 9.33. The molecule has 4 heteroatoms. The topological polar surface area (TPSA) is 59.6 Å². The molecule has 2 rings (SSSR count). The molecule has 1 aliphatic carbocycles. The Bertz CT molecular complexity index is 358. The van der Waals surface area contributed by atoms with Gasteiger partial charge in [-0.05, 0) is 6.42 Å². The van der Waals surface area contributed by atoms with Crippen LogP contribution in [-0.4, -0.2) is 11.4 Å². The Morgan fingerprint density at radius 3 is 2.93 bits per heavy atom. The van der Waals surface area contributed by atoms with E-state index in [1.54, 1.807) is 11.8 Å². The quantitative estimate of drug-likeness (QED) is 0.702. The number of fused-ring (bicyclic) bond motifs is 1. The fourth-order valence-electron chi connectivity index (χ4n) is 1.59. The van der Waals surface area contributed by atoms with Crippen LogP contribution in [0, 0.1) is 28.6 Å². The first-order chi connectivity index (χ1) is 6.85. The second-order valence-corrected chi connectivity index (χ2v) is 4.44. The summed E-state index contributed by atoms with van der Waals surface area (Å²) in [6.07, 6.45) is 7.13. The number of nitrogens with zero attached hydrogens (tertiary/aromatic N) is 2. The molecule has 0 amide bonds. The molecular weight excluding hydrogens is 194 g/mol. The van der Waals surface area contributed by atoms with E-state index in [0.29, 0.717) is 6.04 Å². The molecule has 0 radical (unpaired) electrons. The van der Waals surface area contributed by atoms with Crippen molar-refractivity contribution in [2.45, 2.75) is 17.8 Å². The van der Waals surface area contributed by atoms with Gasteiger partial charge in [-0.25, -0.2) is 0 Å². The largest absolute Gasteiger partial charge is 0.295 e. The minimum atomic E-state index is -0.563. The van der Waals surface area contributed by atoms with Gasteiger partial charge >= 0.3 is 0 Å². The predicted octanol–water partition coefficient (Wildman–Crippen LogP) is 1.52. The van der Waals surface area contributed by atoms with Crippen molar-refractivity contribution >= 4 is 11.8 Å². The van der Waals surface area contributed by atoms with Crippen LogP contribution in [0.1, 0.15) is 6.42 Å². The number of nitrogens with one attached hydrogen (secondary N) is 1. The van der Waals surface area contributed by atoms with Crippen LogP contribution in [0.15, 0.2) is 23.1 Å². The number of allylic oxidation sites excluding steroid dienone is 2. The van der Waals surface area contributed by atoms with E-state index in [-0.39, 0.29) is 5.37 Å². The average molecular weight is 203 g/mol. The molecule has 0 aromatic heterocycles. The molecule has 0 aromatic carbocycles. The van der Waals surface area contributed by atoms with Gasteiger partial charge in [0.05, 0.1) is 17.5 Å². The van der Waals surface area contributed by atoms with E-state index in [1.807, 2.05) is 18.2 Å². The van der Waals surface area contributed by atoms with Crippen molar-refractivity contribution in [3.63, 3.8) is 0 Å². The van der Waals surface area contributed by atoms with Crippen molar-refractivity contribution in [1.29, 1.82) is 10.5 Å². The van der Waals surface area contributed by atoms with Gasteiger partial charge in [-0.2, -0.15) is 10.5 Å². The van der Waals surface area contributed by atoms with Crippen LogP contribution in [-0.2, 0) is 0 Å². The number of thioether (sulfide) groups is 1. The van der Waals surface area contributed by atoms with Gasteiger partial charge in [0, 0.05) is 10.9 Å². The molecule has 1 N–H and O–H groups in total. The van der Waals surface area contributed by atoms with E-state index in [1.165, 1.54) is 4.91 Å². The van der Waals surface area contributed by atoms with E-state index in [4.69, 9.17) is 10.5 Å². The highest BCUT2D eigenvalue weighted by Crippen LogP contribution is 2.37. The van der Waals surface area contributed by atoms with E-state index in [0.717, 1.165) is 6.42 Å². The van der Waals surface area contributed by atoms with Crippen LogP contribution in [0.4, 0.5) is 0 Å². The normalized spacial score (nSPS) is 29.2. The van der Waals surface area contributed by atoms with Crippen LogP contribution >= 0.6 is 11.8 Å². The third-order valence-corrected chi connectivity index (χ3v) is 3.68. The fraction of sp³-hybridized carbons (Fsp3) is 0.400. The lowest BCUT2D eigenvalue weighted by atomic mass is 10.1. The van der Waals surface area contributed by atoms with Crippen molar-refractivity contribution in [3.8, 4) is 12.1 Å². The molecule has 2 unspecified atom stereocenters. The van der Waals surface area contributed by atoms with Crippen molar-refractivity contribution in [2.24, 2.45) is 5.92 Å². The van der Waals surface area contributed by atoms with Gasteiger partial charge in [0.25, 0.3) is 0 Å². The summed E-state index contributed by atoms with van der Waals surface area (Å²) < 4.78 is 0. The smallest absolute Gasteiger partial charge is 0.158 e. The first-order valence-corrected chi connectivity index (χ1v) is 5.32. The van der Waals surface area contributed by atoms with E-state index >= 15 is 0 Å². The van der Waals surface area contributed by atoms with Gasteiger partial charge in [0.1, 0.15) is 0 Å². The molecule has 1 heterocycles. The summed E-state index contributed by atoms with van der Waals surface area (Å²) in [6, 6.07) is 4.34. The maximum atomic E-state index is 8.76. The summed E-state index contributed by atoms with van der Waals surface area (Å²) in [5.41, 5.74) is 0. The highest BCUT2D eigenvalue weighted by atomic mass is 32.2. The average Bonchev–Trinajstić information content (AvgIpc) is 2.63. The van der Waals surface area contributed by atoms with Gasteiger partial charge in [-0.1, -0.05) is 18.2 Å². The summed E-state index contributed by atoms with van der Waals surface area (Å²) in [7, 11) is 0. The molecule has 1 fully saturated rings. The zero-order valence-electron chi connectivity index (χ0n) is 7.47. The summed E-state index contributed by atoms with van der Waals surface area (Å²) in [4.78, 5) is 1.24. The molecule has 14 heavy (non-hydrogen) atoms. The zero-order chi connectivity index (χ0) is 9.97. The van der Waals surface area contributed by atoms with Gasteiger partial charge in [-0.15, -0.1) is 11.8 Å². The molecule has 2 aliphatic rings. The van der Waals surface area contributed by atoms with Crippen LogP contribution in [0.3, 0.4) is 0 Å². The monoisotopic (exact) mass is 203 g/mol. The van der Waals surface area contributed by atoms with Crippen molar-refractivity contribution in [3.05, 3.63) is 23.1 Å². The van der Waals surface area contributed by atoms with Gasteiger partial charge < -0.3 is 0 Å². The van der Waals surface area contributed by atoms with E-state index in [2.05, 4.69) is 17.5 Å². The highest BCUT2D eigenvalue weighted by molar-refractivity contribution is 8.04. The molecular formula is C10H9N3S. The predicted molar refractivity (Wildman–Crippen MR) is 54.9 cm³/mol. The minimum absolute atomic E-state index is 0.0684. The Morgan fingerprint density at radius 1 is 1.50 bits per heavy atom. The van der Waals surface area contributed by atoms with Crippen LogP contribution < -0.4 is 5.32 Å². The molecule has 1 saturated heterocycles. The molecule has 3 nitrogen and oxygen atoms in total. The van der Waals surface area contributed by atoms with Crippen LogP contribution in [0.5, 0.6) is 0 Å². The standard InChI is InChI=1S/C10H9N3S/c11-5-7(6-12)10-13-8-3-1-2-4-9(8)14-10/h1-2,4,7-8,10,13H,3H2. The number of rotatable bonds is 1. The van der Waals surface area contributed by atoms with Crippen molar-refractivity contribution < 1.29 is 0 Å². The summed E-state index contributed by atoms with van der Waals surface area (Å²) in [5, 5.41) is 20.7. The van der Waals surface area contributed by atoms with Crippen LogP contribution in [0.2, 0.25) is 0 Å². The summed E-state index contributed by atoms with van der Waals surface area (Å²) >= 11 is 1.61. The minimum Gasteiger partial charge on any atom is -0.295 e. The van der Waals surface area contributed by atoms with Crippen molar-refractivity contribution in [1.82, 2.24) is 5.32 Å². The third kappa shape index (κ3) is 1.55. The van der Waals surface area contributed by atoms with Gasteiger partial charge in [0.15, 0.2) is 5.92 Å². The third-order valence-electron chi connectivity index (χ3n) is 2.32. The lowest BCUT2D eigenvalue weighted by molar-refractivity contribution is 0.556. The van der Waals surface area contributed by atoms with Crippen molar-refractivity contribution in [2.75, 3.05) is 0 Å². The molecule has 0 bridgehead atoms. The zero-order valence-corrected chi connectivity index (χ0v) is 8.29. The Kier molecular flexibility index (Phi) is 2.58. The Labute approximate surface area is 87.1 Å².